The number of benzene rings is 1. The zero-order chi connectivity index (χ0) is 16.5. The molecule has 0 radical (unpaired) electrons. The molecule has 1 aliphatic heterocycles. The van der Waals surface area contributed by atoms with Crippen molar-refractivity contribution in [2.75, 3.05) is 20.1 Å². The lowest BCUT2D eigenvalue weighted by molar-refractivity contribution is -1.02. The quantitative estimate of drug-likeness (QED) is 0.575. The Morgan fingerprint density at radius 2 is 1.59 bits per heavy atom. The first-order valence-corrected chi connectivity index (χ1v) is 8.00. The highest BCUT2D eigenvalue weighted by atomic mass is 15.8. The summed E-state index contributed by atoms with van der Waals surface area (Å²) in [6.07, 6.45) is 6.43. The van der Waals surface area contributed by atoms with E-state index in [9.17, 15) is 0 Å². The summed E-state index contributed by atoms with van der Waals surface area (Å²) >= 11 is 0. The molecular weight excluding hydrogens is 268 g/mol. The number of aryl methyl sites for hydroxylation is 3. The summed E-state index contributed by atoms with van der Waals surface area (Å²) in [6.45, 7) is 18.6. The molecule has 0 saturated heterocycles. The van der Waals surface area contributed by atoms with Gasteiger partial charge < -0.3 is 0 Å². The minimum absolute atomic E-state index is 0.413. The Hall–Kier alpha value is -1.80. The van der Waals surface area contributed by atoms with Crippen molar-refractivity contribution in [3.63, 3.8) is 0 Å². The van der Waals surface area contributed by atoms with Gasteiger partial charge in [-0.3, -0.25) is 0 Å². The van der Waals surface area contributed by atoms with E-state index in [-0.39, 0.29) is 0 Å². The van der Waals surface area contributed by atoms with Crippen LogP contribution in [-0.2, 0) is 0 Å². The van der Waals surface area contributed by atoms with Gasteiger partial charge in [0.2, 0.25) is 0 Å². The predicted molar refractivity (Wildman–Crippen MR) is 96.2 cm³/mol. The van der Waals surface area contributed by atoms with Gasteiger partial charge in [-0.1, -0.05) is 30.9 Å². The van der Waals surface area contributed by atoms with Crippen molar-refractivity contribution in [2.45, 2.75) is 33.7 Å². The van der Waals surface area contributed by atoms with Crippen LogP contribution in [0.3, 0.4) is 0 Å². The average molecular weight is 297 g/mol. The van der Waals surface area contributed by atoms with Gasteiger partial charge in [0, 0.05) is 11.6 Å². The highest BCUT2D eigenvalue weighted by Gasteiger charge is 2.43. The first-order chi connectivity index (χ1) is 10.4. The molecule has 1 aromatic rings. The molecular formula is C20H29N2+. The van der Waals surface area contributed by atoms with Crippen molar-refractivity contribution < 1.29 is 4.59 Å². The number of hydrogen-bond acceptors (Lipinski definition) is 1. The molecule has 2 rings (SSSR count). The zero-order valence-electron chi connectivity index (χ0n) is 14.7. The monoisotopic (exact) mass is 297 g/mol. The maximum atomic E-state index is 3.97. The molecule has 0 bridgehead atoms. The van der Waals surface area contributed by atoms with Crippen LogP contribution in [0.1, 0.15) is 29.2 Å². The van der Waals surface area contributed by atoms with Crippen molar-refractivity contribution in [2.24, 2.45) is 0 Å². The van der Waals surface area contributed by atoms with Gasteiger partial charge in [0.1, 0.15) is 19.1 Å². The minimum atomic E-state index is 0.413. The Labute approximate surface area is 135 Å². The van der Waals surface area contributed by atoms with E-state index >= 15 is 0 Å². The summed E-state index contributed by atoms with van der Waals surface area (Å²) in [5, 5.41) is 2.40. The molecule has 0 aromatic heterocycles. The Bertz CT molecular complexity index is 592. The van der Waals surface area contributed by atoms with Crippen LogP contribution in [0.4, 0.5) is 0 Å². The van der Waals surface area contributed by atoms with Crippen LogP contribution >= 0.6 is 0 Å². The van der Waals surface area contributed by atoms with E-state index in [1.165, 1.54) is 28.0 Å². The molecule has 1 aliphatic rings. The minimum Gasteiger partial charge on any atom is -0.226 e. The molecule has 2 heteroatoms. The SMILES string of the molecule is C=CC[N+]1(CC=C)C(C)C=C(c2c(C)cc(C)cc2C)N1C. The molecule has 0 saturated carbocycles. The molecule has 0 fully saturated rings. The highest BCUT2D eigenvalue weighted by Crippen LogP contribution is 2.38. The Morgan fingerprint density at radius 1 is 1.09 bits per heavy atom. The van der Waals surface area contributed by atoms with Crippen molar-refractivity contribution in [1.29, 1.82) is 0 Å². The molecule has 22 heavy (non-hydrogen) atoms. The Kier molecular flexibility index (Phi) is 4.62. The maximum Gasteiger partial charge on any atom is 0.130 e. The van der Waals surface area contributed by atoms with Crippen molar-refractivity contribution in [3.8, 4) is 0 Å². The fraction of sp³-hybridized carbons (Fsp3) is 0.400. The molecule has 1 heterocycles. The van der Waals surface area contributed by atoms with E-state index in [2.05, 4.69) is 71.1 Å². The number of hydrogen-bond donors (Lipinski definition) is 0. The van der Waals surface area contributed by atoms with Gasteiger partial charge in [-0.25, -0.2) is 9.60 Å². The van der Waals surface area contributed by atoms with Gasteiger partial charge in [0.15, 0.2) is 0 Å². The fourth-order valence-corrected chi connectivity index (χ4v) is 3.89. The van der Waals surface area contributed by atoms with Crippen LogP contribution in [0, 0.1) is 20.8 Å². The normalized spacial score (nSPS) is 20.0. The molecule has 1 unspecified atom stereocenters. The second kappa shape index (κ2) is 6.13. The Balaban J connectivity index is 2.53. The van der Waals surface area contributed by atoms with E-state index in [1.54, 1.807) is 0 Å². The lowest BCUT2D eigenvalue weighted by Gasteiger charge is -2.43. The van der Waals surface area contributed by atoms with Crippen LogP contribution < -0.4 is 0 Å². The number of quaternary nitrogens is 1. The van der Waals surface area contributed by atoms with Gasteiger partial charge in [0.05, 0.1) is 12.7 Å². The summed E-state index contributed by atoms with van der Waals surface area (Å²) in [5.41, 5.74) is 6.71. The summed E-state index contributed by atoms with van der Waals surface area (Å²) in [7, 11) is 2.20. The average Bonchev–Trinajstić information content (AvgIpc) is 2.64. The van der Waals surface area contributed by atoms with E-state index < -0.39 is 0 Å². The summed E-state index contributed by atoms with van der Waals surface area (Å²) in [4.78, 5) is 0. The first-order valence-electron chi connectivity index (χ1n) is 8.00. The second-order valence-corrected chi connectivity index (χ2v) is 6.52. The number of rotatable bonds is 5. The van der Waals surface area contributed by atoms with Crippen LogP contribution in [0.15, 0.2) is 43.5 Å². The topological polar surface area (TPSA) is 3.24 Å². The van der Waals surface area contributed by atoms with Crippen LogP contribution in [0.25, 0.3) is 5.70 Å². The third-order valence-electron chi connectivity index (χ3n) is 4.93. The molecule has 0 N–H and O–H groups in total. The molecule has 2 nitrogen and oxygen atoms in total. The third kappa shape index (κ3) is 2.52. The molecule has 0 amide bonds. The van der Waals surface area contributed by atoms with Gasteiger partial charge >= 0.3 is 0 Å². The van der Waals surface area contributed by atoms with Crippen LogP contribution in [0.2, 0.25) is 0 Å². The summed E-state index contributed by atoms with van der Waals surface area (Å²) in [5.74, 6) is 0. The summed E-state index contributed by atoms with van der Waals surface area (Å²) < 4.78 is 0.842. The van der Waals surface area contributed by atoms with Gasteiger partial charge in [0.25, 0.3) is 0 Å². The van der Waals surface area contributed by atoms with Gasteiger partial charge in [-0.05, 0) is 51.0 Å². The van der Waals surface area contributed by atoms with Crippen LogP contribution in [-0.4, -0.2) is 35.8 Å². The van der Waals surface area contributed by atoms with Gasteiger partial charge in [-0.2, -0.15) is 0 Å². The lowest BCUT2D eigenvalue weighted by Crippen LogP contribution is -2.58. The van der Waals surface area contributed by atoms with E-state index in [0.29, 0.717) is 6.04 Å². The molecule has 1 aromatic carbocycles. The van der Waals surface area contributed by atoms with E-state index in [0.717, 1.165) is 17.7 Å². The van der Waals surface area contributed by atoms with E-state index in [4.69, 9.17) is 0 Å². The van der Waals surface area contributed by atoms with Gasteiger partial charge in [-0.15, -0.1) is 0 Å². The van der Waals surface area contributed by atoms with E-state index in [1.807, 2.05) is 12.2 Å². The third-order valence-corrected chi connectivity index (χ3v) is 4.93. The zero-order valence-corrected chi connectivity index (χ0v) is 14.7. The summed E-state index contributed by atoms with van der Waals surface area (Å²) in [6, 6.07) is 4.96. The number of nitrogens with zero attached hydrogens (tertiary/aromatic N) is 2. The second-order valence-electron chi connectivity index (χ2n) is 6.52. The molecule has 0 aliphatic carbocycles. The largest absolute Gasteiger partial charge is 0.226 e. The molecule has 0 spiro atoms. The van der Waals surface area contributed by atoms with Crippen molar-refractivity contribution >= 4 is 5.70 Å². The molecule has 118 valence electrons. The first kappa shape index (κ1) is 16.6. The molecule has 1 atom stereocenters. The predicted octanol–water partition coefficient (Wildman–Crippen LogP) is 4.39. The maximum absolute atomic E-state index is 3.97. The fourth-order valence-electron chi connectivity index (χ4n) is 3.89. The van der Waals surface area contributed by atoms with Crippen molar-refractivity contribution in [3.05, 3.63) is 65.8 Å². The standard InChI is InChI=1S/C20H29N2/c1-8-10-22(11-9-2)18(6)14-19(21(22)7)20-16(4)12-15(3)13-17(20)5/h8-9,12-14,18H,1-2,10-11H2,3-7H3/q+1. The smallest absolute Gasteiger partial charge is 0.130 e. The van der Waals surface area contributed by atoms with Crippen molar-refractivity contribution in [1.82, 2.24) is 5.01 Å². The van der Waals surface area contributed by atoms with Crippen LogP contribution in [0.5, 0.6) is 0 Å². The Morgan fingerprint density at radius 3 is 2.05 bits per heavy atom. The highest BCUT2D eigenvalue weighted by molar-refractivity contribution is 5.70. The lowest BCUT2D eigenvalue weighted by atomic mass is 9.97.